The van der Waals surface area contributed by atoms with Crippen molar-refractivity contribution in [2.24, 2.45) is 11.8 Å². The van der Waals surface area contributed by atoms with Gasteiger partial charge in [-0.15, -0.1) is 0 Å². The third kappa shape index (κ3) is 4.67. The summed E-state index contributed by atoms with van der Waals surface area (Å²) >= 11 is 0. The van der Waals surface area contributed by atoms with Gasteiger partial charge < -0.3 is 15.1 Å². The molecule has 0 aromatic rings. The monoisotopic (exact) mass is 372 g/mol. The van der Waals surface area contributed by atoms with Gasteiger partial charge in [-0.05, 0) is 64.7 Å². The average molecular weight is 372 g/mol. The van der Waals surface area contributed by atoms with Crippen LogP contribution < -0.4 is 0 Å². The molecule has 1 saturated carbocycles. The number of carboxylic acid groups (broad SMARTS) is 1. The van der Waals surface area contributed by atoms with Crippen LogP contribution in [0.25, 0.3) is 0 Å². The first kappa shape index (κ1) is 20.9. The van der Waals surface area contributed by atoms with Crippen LogP contribution in [0.5, 0.6) is 0 Å². The van der Waals surface area contributed by atoms with E-state index in [1.807, 2.05) is 6.92 Å². The summed E-state index contributed by atoms with van der Waals surface area (Å²) in [5.41, 5.74) is -0.747. The number of rotatable bonds is 4. The van der Waals surface area contributed by atoms with Crippen LogP contribution in [0, 0.1) is 11.8 Å². The third-order valence-electron chi connectivity index (χ3n) is 5.89. The lowest BCUT2D eigenvalue weighted by molar-refractivity contribution is -0.140. The Kier molecular flexibility index (Phi) is 6.53. The molecule has 0 radical (unpaired) electrons. The Morgan fingerprint density at radius 1 is 1.15 bits per heavy atom. The average Bonchev–Trinajstić information content (AvgIpc) is 2.97. The van der Waals surface area contributed by atoms with E-state index in [4.69, 9.17) is 0 Å². The number of nitrogens with zero attached hydrogens (tertiary/aromatic N) is 2. The first-order chi connectivity index (χ1) is 12.0. The Hall–Kier alpha value is -1.37. The number of amides is 2. The van der Waals surface area contributed by atoms with Gasteiger partial charge >= 0.3 is 6.09 Å². The summed E-state index contributed by atoms with van der Waals surface area (Å²) in [6.07, 6.45) is 0.735. The van der Waals surface area contributed by atoms with E-state index in [1.165, 1.54) is 9.80 Å². The van der Waals surface area contributed by atoms with Crippen LogP contribution in [0.15, 0.2) is 0 Å². The van der Waals surface area contributed by atoms with Crippen LogP contribution in [0.3, 0.4) is 0 Å². The van der Waals surface area contributed by atoms with Gasteiger partial charge in [-0.2, -0.15) is 0 Å². The second kappa shape index (κ2) is 8.11. The molecule has 0 aromatic heterocycles. The van der Waals surface area contributed by atoms with Crippen LogP contribution in [-0.4, -0.2) is 69.0 Å². The van der Waals surface area contributed by atoms with Crippen molar-refractivity contribution in [1.29, 1.82) is 0 Å². The van der Waals surface area contributed by atoms with Crippen molar-refractivity contribution in [3.05, 3.63) is 0 Å². The SMILES string of the molecule is C[C@@H](C1CCC(O)CC1)[C@@H](C(=O)N1CC[C@H](F)C1)N(C(=O)O)C(C)(C)C. The molecule has 0 unspecified atom stereocenters. The Labute approximate surface area is 155 Å². The summed E-state index contributed by atoms with van der Waals surface area (Å²) in [6, 6.07) is -0.835. The highest BCUT2D eigenvalue weighted by molar-refractivity contribution is 5.86. The lowest BCUT2D eigenvalue weighted by atomic mass is 9.75. The molecule has 2 N–H and O–H groups in total. The molecule has 2 rings (SSSR count). The molecule has 0 aromatic carbocycles. The predicted octanol–water partition coefficient (Wildman–Crippen LogP) is 2.89. The number of aliphatic hydroxyl groups excluding tert-OH is 1. The van der Waals surface area contributed by atoms with E-state index in [-0.39, 0.29) is 30.4 Å². The van der Waals surface area contributed by atoms with E-state index in [0.29, 0.717) is 25.8 Å². The van der Waals surface area contributed by atoms with Crippen molar-refractivity contribution in [2.45, 2.75) is 83.7 Å². The van der Waals surface area contributed by atoms with Crippen molar-refractivity contribution in [1.82, 2.24) is 9.80 Å². The molecule has 6 nitrogen and oxygen atoms in total. The molecule has 1 aliphatic carbocycles. The summed E-state index contributed by atoms with van der Waals surface area (Å²) in [7, 11) is 0. The summed E-state index contributed by atoms with van der Waals surface area (Å²) in [4.78, 5) is 28.0. The molecule has 1 aliphatic heterocycles. The van der Waals surface area contributed by atoms with Crippen LogP contribution in [0.4, 0.5) is 9.18 Å². The summed E-state index contributed by atoms with van der Waals surface area (Å²) in [5, 5.41) is 19.6. The number of hydrogen-bond acceptors (Lipinski definition) is 3. The molecule has 2 fully saturated rings. The van der Waals surface area contributed by atoms with Gasteiger partial charge in [0.2, 0.25) is 5.91 Å². The quantitative estimate of drug-likeness (QED) is 0.795. The number of alkyl halides is 1. The first-order valence-electron chi connectivity index (χ1n) is 9.65. The smallest absolute Gasteiger partial charge is 0.408 e. The molecule has 26 heavy (non-hydrogen) atoms. The van der Waals surface area contributed by atoms with E-state index < -0.39 is 23.8 Å². The topological polar surface area (TPSA) is 81.1 Å². The lowest BCUT2D eigenvalue weighted by Gasteiger charge is -2.45. The number of carbonyl (C=O) groups is 2. The molecule has 150 valence electrons. The zero-order valence-electron chi connectivity index (χ0n) is 16.3. The third-order valence-corrected chi connectivity index (χ3v) is 5.89. The van der Waals surface area contributed by atoms with E-state index in [2.05, 4.69) is 0 Å². The van der Waals surface area contributed by atoms with Gasteiger partial charge in [-0.25, -0.2) is 9.18 Å². The molecule has 1 saturated heterocycles. The zero-order chi connectivity index (χ0) is 19.6. The lowest BCUT2D eigenvalue weighted by Crippen LogP contribution is -2.60. The maximum Gasteiger partial charge on any atom is 0.408 e. The molecular weight excluding hydrogens is 339 g/mol. The zero-order valence-corrected chi connectivity index (χ0v) is 16.3. The fraction of sp³-hybridized carbons (Fsp3) is 0.895. The summed E-state index contributed by atoms with van der Waals surface area (Å²) in [5.74, 6) is -0.314. The Morgan fingerprint density at radius 2 is 1.73 bits per heavy atom. The maximum absolute atomic E-state index is 13.6. The number of halogens is 1. The highest BCUT2D eigenvalue weighted by Gasteiger charge is 2.45. The molecule has 1 heterocycles. The molecule has 2 amide bonds. The van der Waals surface area contributed by atoms with Gasteiger partial charge in [0.05, 0.1) is 12.6 Å². The normalized spacial score (nSPS) is 29.3. The molecule has 0 spiro atoms. The fourth-order valence-corrected chi connectivity index (χ4v) is 4.38. The van der Waals surface area contributed by atoms with Gasteiger partial charge in [-0.1, -0.05) is 6.92 Å². The van der Waals surface area contributed by atoms with Crippen LogP contribution in [0.2, 0.25) is 0 Å². The van der Waals surface area contributed by atoms with Crippen LogP contribution in [0.1, 0.15) is 59.8 Å². The minimum Gasteiger partial charge on any atom is -0.465 e. The van der Waals surface area contributed by atoms with E-state index in [9.17, 15) is 24.2 Å². The largest absolute Gasteiger partial charge is 0.465 e. The van der Waals surface area contributed by atoms with Crippen molar-refractivity contribution in [3.8, 4) is 0 Å². The first-order valence-corrected chi connectivity index (χ1v) is 9.65. The van der Waals surface area contributed by atoms with Gasteiger partial charge in [0, 0.05) is 12.1 Å². The number of hydrogen-bond donors (Lipinski definition) is 2. The van der Waals surface area contributed by atoms with Crippen molar-refractivity contribution in [2.75, 3.05) is 13.1 Å². The molecule has 2 aliphatic rings. The number of likely N-dealkylation sites (tertiary alicyclic amines) is 1. The summed E-state index contributed by atoms with van der Waals surface area (Å²) < 4.78 is 13.6. The fourth-order valence-electron chi connectivity index (χ4n) is 4.38. The predicted molar refractivity (Wildman–Crippen MR) is 96.6 cm³/mol. The minimum absolute atomic E-state index is 0.0447. The van der Waals surface area contributed by atoms with Gasteiger partial charge in [0.1, 0.15) is 12.2 Å². The van der Waals surface area contributed by atoms with Crippen molar-refractivity contribution in [3.63, 3.8) is 0 Å². The van der Waals surface area contributed by atoms with Gasteiger partial charge in [0.25, 0.3) is 0 Å². The second-order valence-corrected chi connectivity index (χ2v) is 8.87. The highest BCUT2D eigenvalue weighted by Crippen LogP contribution is 2.36. The Balaban J connectivity index is 2.30. The minimum atomic E-state index is -1.13. The van der Waals surface area contributed by atoms with E-state index >= 15 is 0 Å². The van der Waals surface area contributed by atoms with Crippen LogP contribution in [-0.2, 0) is 4.79 Å². The van der Waals surface area contributed by atoms with Crippen molar-refractivity contribution < 1.29 is 24.2 Å². The van der Waals surface area contributed by atoms with Crippen molar-refractivity contribution >= 4 is 12.0 Å². The second-order valence-electron chi connectivity index (χ2n) is 8.87. The van der Waals surface area contributed by atoms with Gasteiger partial charge in [-0.3, -0.25) is 9.69 Å². The molecule has 0 bridgehead atoms. The van der Waals surface area contributed by atoms with Gasteiger partial charge in [0.15, 0.2) is 0 Å². The van der Waals surface area contributed by atoms with E-state index in [1.54, 1.807) is 20.8 Å². The standard InChI is InChI=1S/C19H33FN2O4/c1-12(13-5-7-15(23)8-6-13)16(22(18(25)26)19(2,3)4)17(24)21-10-9-14(20)11-21/h12-16,23H,5-11H2,1-4H3,(H,25,26)/t12-,13?,14-,15?,16-/m0/s1. The number of aliphatic hydroxyl groups is 1. The van der Waals surface area contributed by atoms with E-state index in [0.717, 1.165) is 12.8 Å². The molecule has 3 atom stereocenters. The Bertz CT molecular complexity index is 514. The number of carbonyl (C=O) groups excluding carboxylic acids is 1. The van der Waals surface area contributed by atoms with Crippen LogP contribution >= 0.6 is 0 Å². The molecular formula is C19H33FN2O4. The highest BCUT2D eigenvalue weighted by atomic mass is 19.1. The maximum atomic E-state index is 13.6. The molecule has 7 heteroatoms. The summed E-state index contributed by atoms with van der Waals surface area (Å²) in [6.45, 7) is 7.64. The Morgan fingerprint density at radius 3 is 2.15 bits per heavy atom.